The van der Waals surface area contributed by atoms with Crippen LogP contribution in [0.1, 0.15) is 48.9 Å². The van der Waals surface area contributed by atoms with Gasteiger partial charge in [-0.15, -0.1) is 0 Å². The standard InChI is InChI=1S/C29H28N4O5/c1-18-27(19(2)38-32-18)29(35)33(15-21-7-5-6-20(12-21)14-30)16-23-8-3-4-9-24(23)31-28(34)22-10-11-25-26(13-22)37-17-36-25/h3-13H,14-17,30H2,1-2H3,(H,31,34). The van der Waals surface area contributed by atoms with Crippen LogP contribution in [-0.4, -0.2) is 28.7 Å². The van der Waals surface area contributed by atoms with E-state index in [4.69, 9.17) is 19.7 Å². The van der Waals surface area contributed by atoms with E-state index in [-0.39, 0.29) is 25.2 Å². The summed E-state index contributed by atoms with van der Waals surface area (Å²) in [6.45, 7) is 4.58. The number of hydrogen-bond donors (Lipinski definition) is 2. The largest absolute Gasteiger partial charge is 0.454 e. The quantitative estimate of drug-likeness (QED) is 0.355. The molecule has 0 atom stereocenters. The lowest BCUT2D eigenvalue weighted by atomic mass is 10.1. The first-order chi connectivity index (χ1) is 18.4. The van der Waals surface area contributed by atoms with Crippen LogP contribution in [-0.2, 0) is 19.6 Å². The number of carbonyl (C=O) groups excluding carboxylic acids is 2. The van der Waals surface area contributed by atoms with Crippen molar-refractivity contribution in [2.75, 3.05) is 12.1 Å². The average Bonchev–Trinajstić information content (AvgIpc) is 3.54. The lowest BCUT2D eigenvalue weighted by molar-refractivity contribution is 0.0728. The number of aromatic nitrogens is 1. The third-order valence-electron chi connectivity index (χ3n) is 6.40. The maximum atomic E-state index is 13.8. The Hall–Kier alpha value is -4.63. The van der Waals surface area contributed by atoms with E-state index in [0.717, 1.165) is 16.7 Å². The van der Waals surface area contributed by atoms with Crippen LogP contribution in [0.3, 0.4) is 0 Å². The van der Waals surface area contributed by atoms with Crippen molar-refractivity contribution in [3.63, 3.8) is 0 Å². The molecule has 0 radical (unpaired) electrons. The number of anilines is 1. The lowest BCUT2D eigenvalue weighted by Gasteiger charge is -2.24. The number of benzene rings is 3. The number of ether oxygens (including phenoxy) is 2. The van der Waals surface area contributed by atoms with Crippen LogP contribution in [0, 0.1) is 13.8 Å². The van der Waals surface area contributed by atoms with Gasteiger partial charge in [0.05, 0.1) is 5.69 Å². The van der Waals surface area contributed by atoms with Gasteiger partial charge in [-0.2, -0.15) is 0 Å². The van der Waals surface area contributed by atoms with Gasteiger partial charge in [-0.25, -0.2) is 0 Å². The fourth-order valence-corrected chi connectivity index (χ4v) is 4.44. The minimum Gasteiger partial charge on any atom is -0.454 e. The minimum absolute atomic E-state index is 0.131. The van der Waals surface area contributed by atoms with Crippen LogP contribution >= 0.6 is 0 Å². The van der Waals surface area contributed by atoms with Gasteiger partial charge >= 0.3 is 0 Å². The molecule has 2 amide bonds. The summed E-state index contributed by atoms with van der Waals surface area (Å²) in [7, 11) is 0. The normalized spacial score (nSPS) is 11.9. The second kappa shape index (κ2) is 10.8. The van der Waals surface area contributed by atoms with Crippen molar-refractivity contribution in [2.45, 2.75) is 33.5 Å². The molecule has 194 valence electrons. The van der Waals surface area contributed by atoms with Crippen molar-refractivity contribution in [3.05, 3.63) is 106 Å². The number of nitrogens with one attached hydrogen (secondary N) is 1. The number of carbonyl (C=O) groups is 2. The summed E-state index contributed by atoms with van der Waals surface area (Å²) in [4.78, 5) is 28.6. The predicted octanol–water partition coefficient (Wildman–Crippen LogP) is 4.57. The Balaban J connectivity index is 1.43. The summed E-state index contributed by atoms with van der Waals surface area (Å²) in [5, 5.41) is 6.94. The Morgan fingerprint density at radius 1 is 0.947 bits per heavy atom. The molecule has 0 saturated carbocycles. The second-order valence-electron chi connectivity index (χ2n) is 9.06. The summed E-state index contributed by atoms with van der Waals surface area (Å²) in [5.41, 5.74) is 10.5. The highest BCUT2D eigenvalue weighted by atomic mass is 16.7. The van der Waals surface area contributed by atoms with Gasteiger partial charge in [-0.1, -0.05) is 47.6 Å². The molecule has 0 spiro atoms. The topological polar surface area (TPSA) is 120 Å². The Labute approximate surface area is 220 Å². The molecule has 2 heterocycles. The summed E-state index contributed by atoms with van der Waals surface area (Å²) in [6, 6.07) is 20.3. The number of amides is 2. The first-order valence-corrected chi connectivity index (χ1v) is 12.2. The highest BCUT2D eigenvalue weighted by molar-refractivity contribution is 6.05. The molecule has 0 aliphatic carbocycles. The smallest absolute Gasteiger partial charge is 0.259 e. The molecule has 38 heavy (non-hydrogen) atoms. The number of nitrogens with zero attached hydrogens (tertiary/aromatic N) is 2. The Morgan fingerprint density at radius 3 is 2.53 bits per heavy atom. The summed E-state index contributed by atoms with van der Waals surface area (Å²) < 4.78 is 16.0. The van der Waals surface area contributed by atoms with Gasteiger partial charge in [0.25, 0.3) is 11.8 Å². The molecular weight excluding hydrogens is 484 g/mol. The molecule has 1 aromatic heterocycles. The molecule has 0 bridgehead atoms. The zero-order chi connectivity index (χ0) is 26.6. The van der Waals surface area contributed by atoms with E-state index in [2.05, 4.69) is 10.5 Å². The van der Waals surface area contributed by atoms with Crippen molar-refractivity contribution in [3.8, 4) is 11.5 Å². The molecule has 0 unspecified atom stereocenters. The van der Waals surface area contributed by atoms with Gasteiger partial charge in [0.2, 0.25) is 6.79 Å². The van der Waals surface area contributed by atoms with Crippen LogP contribution in [0.4, 0.5) is 5.69 Å². The highest BCUT2D eigenvalue weighted by Gasteiger charge is 2.25. The minimum atomic E-state index is -0.296. The molecule has 9 nitrogen and oxygen atoms in total. The number of para-hydroxylation sites is 1. The molecule has 9 heteroatoms. The number of hydrogen-bond acceptors (Lipinski definition) is 7. The number of aryl methyl sites for hydroxylation is 2. The predicted molar refractivity (Wildman–Crippen MR) is 141 cm³/mol. The van der Waals surface area contributed by atoms with E-state index in [1.54, 1.807) is 36.9 Å². The van der Waals surface area contributed by atoms with E-state index in [1.165, 1.54) is 0 Å². The first-order valence-electron chi connectivity index (χ1n) is 12.2. The third-order valence-corrected chi connectivity index (χ3v) is 6.40. The van der Waals surface area contributed by atoms with Crippen LogP contribution in [0.25, 0.3) is 0 Å². The molecule has 1 aliphatic rings. The van der Waals surface area contributed by atoms with E-state index >= 15 is 0 Å². The fraction of sp³-hybridized carbons (Fsp3) is 0.207. The molecule has 0 fully saturated rings. The summed E-state index contributed by atoms with van der Waals surface area (Å²) in [6.07, 6.45) is 0. The molecule has 5 rings (SSSR count). The maximum Gasteiger partial charge on any atom is 0.259 e. The molecule has 3 N–H and O–H groups in total. The van der Waals surface area contributed by atoms with E-state index in [1.807, 2.05) is 48.5 Å². The van der Waals surface area contributed by atoms with Crippen molar-refractivity contribution in [1.82, 2.24) is 10.1 Å². The van der Waals surface area contributed by atoms with Crippen molar-refractivity contribution >= 4 is 17.5 Å². The molecule has 1 aliphatic heterocycles. The summed E-state index contributed by atoms with van der Waals surface area (Å²) >= 11 is 0. The monoisotopic (exact) mass is 512 g/mol. The first kappa shape index (κ1) is 25.0. The van der Waals surface area contributed by atoms with Gasteiger partial charge in [-0.3, -0.25) is 9.59 Å². The maximum absolute atomic E-state index is 13.8. The van der Waals surface area contributed by atoms with Crippen molar-refractivity contribution < 1.29 is 23.6 Å². The van der Waals surface area contributed by atoms with Gasteiger partial charge in [-0.05, 0) is 54.8 Å². The van der Waals surface area contributed by atoms with E-state index < -0.39 is 0 Å². The molecule has 0 saturated heterocycles. The SMILES string of the molecule is Cc1noc(C)c1C(=O)N(Cc1cccc(CN)c1)Cc1ccccc1NC(=O)c1ccc2c(c1)OCO2. The van der Waals surface area contributed by atoms with Gasteiger partial charge in [0, 0.05) is 30.9 Å². The number of nitrogens with two attached hydrogens (primary N) is 1. The molecule has 4 aromatic rings. The molecular formula is C29H28N4O5. The zero-order valence-electron chi connectivity index (χ0n) is 21.2. The zero-order valence-corrected chi connectivity index (χ0v) is 21.2. The number of fused-ring (bicyclic) bond motifs is 1. The molecule has 3 aromatic carbocycles. The van der Waals surface area contributed by atoms with Crippen LogP contribution in [0.2, 0.25) is 0 Å². The third kappa shape index (κ3) is 5.23. The van der Waals surface area contributed by atoms with Crippen molar-refractivity contribution in [1.29, 1.82) is 0 Å². The van der Waals surface area contributed by atoms with Crippen LogP contribution < -0.4 is 20.5 Å². The van der Waals surface area contributed by atoms with Gasteiger partial charge < -0.3 is 29.9 Å². The number of rotatable bonds is 8. The van der Waals surface area contributed by atoms with E-state index in [9.17, 15) is 9.59 Å². The van der Waals surface area contributed by atoms with Gasteiger partial charge in [0.15, 0.2) is 11.5 Å². The Kier molecular flexibility index (Phi) is 7.10. The summed E-state index contributed by atoms with van der Waals surface area (Å²) in [5.74, 6) is 1.08. The van der Waals surface area contributed by atoms with Crippen LogP contribution in [0.15, 0.2) is 71.3 Å². The Bertz CT molecular complexity index is 1480. The van der Waals surface area contributed by atoms with Crippen LogP contribution in [0.5, 0.6) is 11.5 Å². The fourth-order valence-electron chi connectivity index (χ4n) is 4.44. The van der Waals surface area contributed by atoms with Crippen molar-refractivity contribution in [2.24, 2.45) is 5.73 Å². The second-order valence-corrected chi connectivity index (χ2v) is 9.06. The lowest BCUT2D eigenvalue weighted by Crippen LogP contribution is -2.31. The van der Waals surface area contributed by atoms with Gasteiger partial charge in [0.1, 0.15) is 11.3 Å². The highest BCUT2D eigenvalue weighted by Crippen LogP contribution is 2.33. The average molecular weight is 513 g/mol. The van der Waals surface area contributed by atoms with E-state index in [0.29, 0.717) is 52.9 Å². The Morgan fingerprint density at radius 2 is 1.74 bits per heavy atom.